The Morgan fingerprint density at radius 3 is 2.24 bits per heavy atom. The summed E-state index contributed by atoms with van der Waals surface area (Å²) in [6.45, 7) is 9.11. The third-order valence-corrected chi connectivity index (χ3v) is 3.08. The zero-order valence-electron chi connectivity index (χ0n) is 11.4. The van der Waals surface area contributed by atoms with Gasteiger partial charge in [-0.3, -0.25) is 0 Å². The van der Waals surface area contributed by atoms with Gasteiger partial charge in [0, 0.05) is 0 Å². The first-order valence-corrected chi connectivity index (χ1v) is 6.43. The van der Waals surface area contributed by atoms with Crippen LogP contribution in [0.4, 0.5) is 0 Å². The maximum Gasteiger partial charge on any atom is 0.0681 e. The maximum atomic E-state index is 9.10. The van der Waals surface area contributed by atoms with Crippen LogP contribution >= 0.6 is 0 Å². The largest absolute Gasteiger partial charge is 0.392 e. The smallest absolute Gasteiger partial charge is 0.0681 e. The summed E-state index contributed by atoms with van der Waals surface area (Å²) in [6, 6.07) is 8.17. The van der Waals surface area contributed by atoms with Crippen molar-refractivity contribution in [3.8, 4) is 0 Å². The minimum absolute atomic E-state index is 0.124. The molecule has 0 spiro atoms. The van der Waals surface area contributed by atoms with Gasteiger partial charge >= 0.3 is 0 Å². The van der Waals surface area contributed by atoms with Crippen molar-refractivity contribution in [2.45, 2.75) is 40.7 Å². The normalized spacial score (nSPS) is 11.0. The van der Waals surface area contributed by atoms with Gasteiger partial charge in [-0.1, -0.05) is 63.6 Å². The van der Waals surface area contributed by atoms with Gasteiger partial charge in [0.1, 0.15) is 0 Å². The van der Waals surface area contributed by atoms with Gasteiger partial charge in [0.15, 0.2) is 0 Å². The van der Waals surface area contributed by atoms with Crippen LogP contribution in [0.3, 0.4) is 0 Å². The van der Waals surface area contributed by atoms with E-state index in [4.69, 9.17) is 5.11 Å². The second-order valence-corrected chi connectivity index (χ2v) is 5.20. The lowest BCUT2D eigenvalue weighted by Crippen LogP contribution is -2.02. The van der Waals surface area contributed by atoms with E-state index in [0.29, 0.717) is 11.8 Å². The van der Waals surface area contributed by atoms with Crippen LogP contribution in [0.5, 0.6) is 0 Å². The van der Waals surface area contributed by atoms with Crippen LogP contribution in [-0.2, 0) is 13.0 Å². The van der Waals surface area contributed by atoms with Crippen molar-refractivity contribution in [2.75, 3.05) is 0 Å². The van der Waals surface area contributed by atoms with Crippen molar-refractivity contribution >= 4 is 0 Å². The lowest BCUT2D eigenvalue weighted by Gasteiger charge is -2.15. The summed E-state index contributed by atoms with van der Waals surface area (Å²) in [5, 5.41) is 9.10. The first-order chi connectivity index (χ1) is 8.04. The van der Waals surface area contributed by atoms with Crippen molar-refractivity contribution < 1.29 is 5.11 Å². The predicted molar refractivity (Wildman–Crippen MR) is 73.8 cm³/mol. The summed E-state index contributed by atoms with van der Waals surface area (Å²) in [5.74, 6) is 1.21. The SMILES string of the molecule is CC(C)C(=CCc1cccc(CO)c1)C(C)C. The Labute approximate surface area is 105 Å². The molecular weight excluding hydrogens is 208 g/mol. The van der Waals surface area contributed by atoms with Gasteiger partial charge in [-0.25, -0.2) is 0 Å². The molecule has 1 nitrogen and oxygen atoms in total. The van der Waals surface area contributed by atoms with Crippen LogP contribution in [0.1, 0.15) is 38.8 Å². The number of hydrogen-bond donors (Lipinski definition) is 1. The van der Waals surface area contributed by atoms with Gasteiger partial charge in [0.25, 0.3) is 0 Å². The molecular formula is C16H24O. The van der Waals surface area contributed by atoms with E-state index in [1.165, 1.54) is 11.1 Å². The fourth-order valence-electron chi connectivity index (χ4n) is 2.23. The molecule has 0 amide bonds. The lowest BCUT2D eigenvalue weighted by molar-refractivity contribution is 0.282. The maximum absolute atomic E-state index is 9.10. The molecule has 1 N–H and O–H groups in total. The molecule has 0 saturated carbocycles. The van der Waals surface area contributed by atoms with E-state index < -0.39 is 0 Å². The molecule has 17 heavy (non-hydrogen) atoms. The highest BCUT2D eigenvalue weighted by atomic mass is 16.3. The van der Waals surface area contributed by atoms with Gasteiger partial charge in [-0.05, 0) is 29.4 Å². The molecule has 1 aromatic rings. The molecule has 0 aliphatic heterocycles. The van der Waals surface area contributed by atoms with E-state index in [0.717, 1.165) is 12.0 Å². The summed E-state index contributed by atoms with van der Waals surface area (Å²) >= 11 is 0. The van der Waals surface area contributed by atoms with Crippen molar-refractivity contribution in [1.82, 2.24) is 0 Å². The molecule has 1 rings (SSSR count). The third kappa shape index (κ3) is 4.35. The average Bonchev–Trinajstić information content (AvgIpc) is 2.28. The number of aliphatic hydroxyl groups excluding tert-OH is 1. The fourth-order valence-corrected chi connectivity index (χ4v) is 2.23. The second-order valence-electron chi connectivity index (χ2n) is 5.20. The first-order valence-electron chi connectivity index (χ1n) is 6.43. The Balaban J connectivity index is 2.79. The monoisotopic (exact) mass is 232 g/mol. The Bertz CT molecular complexity index is 365. The predicted octanol–water partition coefficient (Wildman–Crippen LogP) is 3.96. The van der Waals surface area contributed by atoms with Crippen LogP contribution < -0.4 is 0 Å². The number of aliphatic hydroxyl groups is 1. The molecule has 0 heterocycles. The van der Waals surface area contributed by atoms with Gasteiger partial charge < -0.3 is 5.11 Å². The quantitative estimate of drug-likeness (QED) is 0.762. The molecule has 0 bridgehead atoms. The molecule has 0 atom stereocenters. The molecule has 0 fully saturated rings. The van der Waals surface area contributed by atoms with Gasteiger partial charge in [-0.15, -0.1) is 0 Å². The standard InChI is InChI=1S/C16H24O/c1-12(2)16(13(3)4)9-8-14-6-5-7-15(10-14)11-17/h5-7,9-10,12-13,17H,8,11H2,1-4H3. The molecule has 0 radical (unpaired) electrons. The Morgan fingerprint density at radius 1 is 1.12 bits per heavy atom. The Hall–Kier alpha value is -1.08. The molecule has 0 saturated heterocycles. The minimum Gasteiger partial charge on any atom is -0.392 e. The Morgan fingerprint density at radius 2 is 1.71 bits per heavy atom. The molecule has 0 aliphatic rings. The molecule has 0 aromatic heterocycles. The van der Waals surface area contributed by atoms with Crippen LogP contribution in [0, 0.1) is 11.8 Å². The third-order valence-electron chi connectivity index (χ3n) is 3.08. The van der Waals surface area contributed by atoms with Crippen LogP contribution in [0.25, 0.3) is 0 Å². The van der Waals surface area contributed by atoms with E-state index in [2.05, 4.69) is 45.9 Å². The fraction of sp³-hybridized carbons (Fsp3) is 0.500. The Kier molecular flexibility index (Phi) is 5.43. The zero-order chi connectivity index (χ0) is 12.8. The highest BCUT2D eigenvalue weighted by Crippen LogP contribution is 2.20. The number of rotatable bonds is 5. The van der Waals surface area contributed by atoms with Crippen LogP contribution in [-0.4, -0.2) is 5.11 Å². The zero-order valence-corrected chi connectivity index (χ0v) is 11.4. The summed E-state index contributed by atoms with van der Waals surface area (Å²) in [7, 11) is 0. The topological polar surface area (TPSA) is 20.2 Å². The summed E-state index contributed by atoms with van der Waals surface area (Å²) < 4.78 is 0. The van der Waals surface area contributed by atoms with E-state index >= 15 is 0 Å². The van der Waals surface area contributed by atoms with Crippen molar-refractivity contribution in [2.24, 2.45) is 11.8 Å². The molecule has 1 aromatic carbocycles. The molecule has 94 valence electrons. The highest BCUT2D eigenvalue weighted by Gasteiger charge is 2.07. The average molecular weight is 232 g/mol. The van der Waals surface area contributed by atoms with E-state index in [-0.39, 0.29) is 6.61 Å². The number of benzene rings is 1. The molecule has 0 aliphatic carbocycles. The highest BCUT2D eigenvalue weighted by molar-refractivity contribution is 5.25. The summed E-state index contributed by atoms with van der Waals surface area (Å²) in [4.78, 5) is 0. The van der Waals surface area contributed by atoms with E-state index in [1.54, 1.807) is 0 Å². The van der Waals surface area contributed by atoms with Gasteiger partial charge in [0.2, 0.25) is 0 Å². The van der Waals surface area contributed by atoms with Crippen LogP contribution in [0.15, 0.2) is 35.9 Å². The van der Waals surface area contributed by atoms with Crippen molar-refractivity contribution in [3.63, 3.8) is 0 Å². The van der Waals surface area contributed by atoms with Crippen LogP contribution in [0.2, 0.25) is 0 Å². The van der Waals surface area contributed by atoms with Crippen molar-refractivity contribution in [3.05, 3.63) is 47.0 Å². The second kappa shape index (κ2) is 6.61. The summed E-state index contributed by atoms with van der Waals surface area (Å²) in [6.07, 6.45) is 3.30. The lowest BCUT2D eigenvalue weighted by atomic mass is 9.91. The van der Waals surface area contributed by atoms with Gasteiger partial charge in [0.05, 0.1) is 6.61 Å². The van der Waals surface area contributed by atoms with E-state index in [1.807, 2.05) is 12.1 Å². The molecule has 1 heteroatoms. The molecule has 0 unspecified atom stereocenters. The summed E-state index contributed by atoms with van der Waals surface area (Å²) in [5.41, 5.74) is 3.78. The van der Waals surface area contributed by atoms with E-state index in [9.17, 15) is 0 Å². The first kappa shape index (κ1) is 14.0. The van der Waals surface area contributed by atoms with Gasteiger partial charge in [-0.2, -0.15) is 0 Å². The number of allylic oxidation sites excluding steroid dienone is 2. The van der Waals surface area contributed by atoms with Crippen molar-refractivity contribution in [1.29, 1.82) is 0 Å². The minimum atomic E-state index is 0.124. The number of hydrogen-bond acceptors (Lipinski definition) is 1.